The molecule has 1 aromatic rings. The van der Waals surface area contributed by atoms with E-state index >= 15 is 0 Å². The van der Waals surface area contributed by atoms with Gasteiger partial charge in [0.15, 0.2) is 0 Å². The summed E-state index contributed by atoms with van der Waals surface area (Å²) < 4.78 is 0. The van der Waals surface area contributed by atoms with Crippen molar-refractivity contribution in [1.82, 2.24) is 15.1 Å². The average Bonchev–Trinajstić information content (AvgIpc) is 3.23. The van der Waals surface area contributed by atoms with Crippen LogP contribution in [0, 0.1) is 0 Å². The van der Waals surface area contributed by atoms with Gasteiger partial charge in [-0.05, 0) is 24.3 Å². The largest absolute Gasteiger partial charge is 0.351 e. The second-order valence-corrected chi connectivity index (χ2v) is 6.59. The summed E-state index contributed by atoms with van der Waals surface area (Å²) in [6.07, 6.45) is 5.09. The number of hydrogen-bond acceptors (Lipinski definition) is 5. The topological polar surface area (TPSA) is 47.9 Å². The first-order valence-corrected chi connectivity index (χ1v) is 8.30. The highest BCUT2D eigenvalue weighted by atomic mass is 32.1. The molecule has 0 saturated carbocycles. The standard InChI is InChI=1S/C15H18N4OS/c20-15(13-4-2-8-21-13)18-7-1-3-11(9-18)19-10-17-14-12(19)5-6-16-14/h2,4,6,8,11,17H,1,3,5,7,9-10H2/t11-/m1/s1. The molecular formula is C15H18N4OS. The zero-order chi connectivity index (χ0) is 14.2. The molecule has 1 aromatic heterocycles. The van der Waals surface area contributed by atoms with Gasteiger partial charge in [-0.25, -0.2) is 4.99 Å². The van der Waals surface area contributed by atoms with Crippen molar-refractivity contribution in [2.75, 3.05) is 19.8 Å². The second kappa shape index (κ2) is 5.18. The molecule has 1 atom stereocenters. The molecule has 0 aliphatic carbocycles. The summed E-state index contributed by atoms with van der Waals surface area (Å²) in [4.78, 5) is 22.1. The minimum absolute atomic E-state index is 0.179. The Kier molecular flexibility index (Phi) is 3.18. The second-order valence-electron chi connectivity index (χ2n) is 5.64. The van der Waals surface area contributed by atoms with Crippen molar-refractivity contribution in [3.63, 3.8) is 0 Å². The molecule has 1 fully saturated rings. The van der Waals surface area contributed by atoms with E-state index in [4.69, 9.17) is 0 Å². The fourth-order valence-corrected chi connectivity index (χ4v) is 4.04. The Morgan fingerprint density at radius 1 is 1.48 bits per heavy atom. The Morgan fingerprint density at radius 3 is 3.29 bits per heavy atom. The normalized spacial score (nSPS) is 24.5. The summed E-state index contributed by atoms with van der Waals surface area (Å²) >= 11 is 1.53. The first-order valence-electron chi connectivity index (χ1n) is 7.42. The number of piperidine rings is 1. The molecule has 4 heterocycles. The summed E-state index contributed by atoms with van der Waals surface area (Å²) in [6, 6.07) is 4.26. The van der Waals surface area contributed by atoms with Crippen LogP contribution in [0.2, 0.25) is 0 Å². The van der Waals surface area contributed by atoms with Gasteiger partial charge in [0.05, 0.1) is 17.2 Å². The lowest BCUT2D eigenvalue weighted by atomic mass is 10.0. The Balaban J connectivity index is 1.47. The summed E-state index contributed by atoms with van der Waals surface area (Å²) in [5.41, 5.74) is 1.30. The lowest BCUT2D eigenvalue weighted by Crippen LogP contribution is -2.49. The Hall–Kier alpha value is -1.82. The van der Waals surface area contributed by atoms with Gasteiger partial charge >= 0.3 is 0 Å². The van der Waals surface area contributed by atoms with Gasteiger partial charge in [0, 0.05) is 31.8 Å². The van der Waals surface area contributed by atoms with Gasteiger partial charge in [0.25, 0.3) is 5.91 Å². The summed E-state index contributed by atoms with van der Waals surface area (Å²) in [6.45, 7) is 2.51. The molecule has 110 valence electrons. The van der Waals surface area contributed by atoms with E-state index in [-0.39, 0.29) is 5.91 Å². The molecule has 0 unspecified atom stereocenters. The van der Waals surface area contributed by atoms with E-state index in [1.54, 1.807) is 0 Å². The van der Waals surface area contributed by atoms with E-state index in [2.05, 4.69) is 15.2 Å². The number of thiophene rings is 1. The quantitative estimate of drug-likeness (QED) is 0.907. The van der Waals surface area contributed by atoms with E-state index in [9.17, 15) is 4.79 Å². The van der Waals surface area contributed by atoms with E-state index in [1.807, 2.05) is 28.6 Å². The number of aliphatic imine (C=N–C) groups is 1. The van der Waals surface area contributed by atoms with Gasteiger partial charge in [0.2, 0.25) is 0 Å². The molecule has 5 nitrogen and oxygen atoms in total. The molecule has 1 N–H and O–H groups in total. The third-order valence-corrected chi connectivity index (χ3v) is 5.26. The van der Waals surface area contributed by atoms with Crippen molar-refractivity contribution >= 4 is 23.5 Å². The van der Waals surface area contributed by atoms with Crippen LogP contribution in [-0.4, -0.2) is 47.7 Å². The monoisotopic (exact) mass is 302 g/mol. The predicted octanol–water partition coefficient (Wildman–Crippen LogP) is 1.86. The predicted molar refractivity (Wildman–Crippen MR) is 83.2 cm³/mol. The van der Waals surface area contributed by atoms with Gasteiger partial charge < -0.3 is 15.1 Å². The molecule has 1 saturated heterocycles. The van der Waals surface area contributed by atoms with E-state index in [0.717, 1.165) is 49.7 Å². The molecule has 1 amide bonds. The Bertz CT molecular complexity index is 607. The number of allylic oxidation sites excluding steroid dienone is 1. The molecule has 21 heavy (non-hydrogen) atoms. The fraction of sp³-hybridized carbons (Fsp3) is 0.467. The summed E-state index contributed by atoms with van der Waals surface area (Å²) in [5, 5.41) is 5.31. The number of rotatable bonds is 2. The average molecular weight is 302 g/mol. The molecule has 0 aromatic carbocycles. The Morgan fingerprint density at radius 2 is 2.43 bits per heavy atom. The first kappa shape index (κ1) is 12.9. The number of nitrogens with zero attached hydrogens (tertiary/aromatic N) is 3. The highest BCUT2D eigenvalue weighted by Crippen LogP contribution is 2.29. The SMILES string of the molecule is O=C(c1cccs1)N1CCC[C@@H](N2CNC3=C2CC=N3)C1. The maximum atomic E-state index is 12.5. The third-order valence-electron chi connectivity index (χ3n) is 4.40. The summed E-state index contributed by atoms with van der Waals surface area (Å²) in [5.74, 6) is 1.20. The smallest absolute Gasteiger partial charge is 0.263 e. The van der Waals surface area contributed by atoms with Crippen LogP contribution in [0.15, 0.2) is 34.0 Å². The zero-order valence-electron chi connectivity index (χ0n) is 11.8. The molecular weight excluding hydrogens is 284 g/mol. The van der Waals surface area contributed by atoms with Gasteiger partial charge in [-0.1, -0.05) is 6.07 Å². The zero-order valence-corrected chi connectivity index (χ0v) is 12.6. The van der Waals surface area contributed by atoms with Gasteiger partial charge in [-0.15, -0.1) is 11.3 Å². The summed E-state index contributed by atoms with van der Waals surface area (Å²) in [7, 11) is 0. The lowest BCUT2D eigenvalue weighted by molar-refractivity contribution is 0.0628. The fourth-order valence-electron chi connectivity index (χ4n) is 3.35. The van der Waals surface area contributed by atoms with Crippen LogP contribution < -0.4 is 5.32 Å². The maximum Gasteiger partial charge on any atom is 0.263 e. The number of carbonyl (C=O) groups is 1. The van der Waals surface area contributed by atoms with Crippen molar-refractivity contribution in [2.24, 2.45) is 4.99 Å². The minimum Gasteiger partial charge on any atom is -0.351 e. The first-order chi connectivity index (χ1) is 10.3. The van der Waals surface area contributed by atoms with Crippen LogP contribution in [0.5, 0.6) is 0 Å². The number of likely N-dealkylation sites (tertiary alicyclic amines) is 1. The van der Waals surface area contributed by atoms with Gasteiger partial charge in [-0.2, -0.15) is 0 Å². The molecule has 3 aliphatic rings. The van der Waals surface area contributed by atoms with Crippen LogP contribution >= 0.6 is 11.3 Å². The highest BCUT2D eigenvalue weighted by molar-refractivity contribution is 7.12. The van der Waals surface area contributed by atoms with Crippen molar-refractivity contribution in [1.29, 1.82) is 0 Å². The van der Waals surface area contributed by atoms with E-state index < -0.39 is 0 Å². The van der Waals surface area contributed by atoms with Crippen molar-refractivity contribution in [2.45, 2.75) is 25.3 Å². The van der Waals surface area contributed by atoms with Crippen LogP contribution in [0.25, 0.3) is 0 Å². The van der Waals surface area contributed by atoms with Crippen molar-refractivity contribution in [3.05, 3.63) is 33.9 Å². The highest BCUT2D eigenvalue weighted by Gasteiger charge is 2.34. The van der Waals surface area contributed by atoms with Crippen LogP contribution in [-0.2, 0) is 0 Å². The molecule has 3 aliphatic heterocycles. The van der Waals surface area contributed by atoms with Crippen LogP contribution in [0.3, 0.4) is 0 Å². The number of nitrogens with one attached hydrogen (secondary N) is 1. The van der Waals surface area contributed by atoms with Gasteiger partial charge in [0.1, 0.15) is 5.82 Å². The molecule has 6 heteroatoms. The molecule has 0 radical (unpaired) electrons. The molecule has 0 spiro atoms. The number of amides is 1. The van der Waals surface area contributed by atoms with Crippen LogP contribution in [0.4, 0.5) is 0 Å². The molecule has 4 rings (SSSR count). The number of carbonyl (C=O) groups excluding carboxylic acids is 1. The third kappa shape index (κ3) is 2.23. The maximum absolute atomic E-state index is 12.5. The van der Waals surface area contributed by atoms with E-state index in [0.29, 0.717) is 6.04 Å². The van der Waals surface area contributed by atoms with Gasteiger partial charge in [-0.3, -0.25) is 4.79 Å². The lowest BCUT2D eigenvalue weighted by Gasteiger charge is -2.38. The van der Waals surface area contributed by atoms with E-state index in [1.165, 1.54) is 17.0 Å². The van der Waals surface area contributed by atoms with Crippen molar-refractivity contribution in [3.8, 4) is 0 Å². The number of hydrogen-bond donors (Lipinski definition) is 1. The van der Waals surface area contributed by atoms with Crippen molar-refractivity contribution < 1.29 is 4.79 Å². The van der Waals surface area contributed by atoms with Crippen LogP contribution in [0.1, 0.15) is 28.9 Å². The molecule has 0 bridgehead atoms. The Labute approximate surface area is 128 Å². The minimum atomic E-state index is 0.179.